The fraction of sp³-hybridized carbons (Fsp3) is 0.917. The minimum absolute atomic E-state index is 0.168. The van der Waals surface area contributed by atoms with Crippen molar-refractivity contribution in [3.05, 3.63) is 0 Å². The lowest BCUT2D eigenvalue weighted by atomic mass is 9.45. The van der Waals surface area contributed by atoms with Crippen molar-refractivity contribution in [2.45, 2.75) is 60.8 Å². The van der Waals surface area contributed by atoms with Crippen molar-refractivity contribution in [1.82, 2.24) is 9.80 Å². The minimum Gasteiger partial charge on any atom is -0.433 e. The van der Waals surface area contributed by atoms with E-state index in [4.69, 9.17) is 0 Å². The zero-order valence-corrected chi connectivity index (χ0v) is 17.8. The highest BCUT2D eigenvalue weighted by Gasteiger charge is 2.71. The monoisotopic (exact) mass is 408 g/mol. The third kappa shape index (κ3) is 4.21. The van der Waals surface area contributed by atoms with E-state index in [0.717, 1.165) is 4.90 Å². The molecule has 0 spiro atoms. The zero-order valence-electron chi connectivity index (χ0n) is 17.8. The highest BCUT2D eigenvalue weighted by atomic mass is 19.4. The number of hydrogen-bond acceptors (Lipinski definition) is 3. The number of carbonyl (C=O) groups excluding carboxylic acids is 1. The molecule has 28 heavy (non-hydrogen) atoms. The Morgan fingerprint density at radius 3 is 1.71 bits per heavy atom. The average Bonchev–Trinajstić information content (AvgIpc) is 2.39. The maximum absolute atomic E-state index is 13.2. The first-order valence-electron chi connectivity index (χ1n) is 8.93. The van der Waals surface area contributed by atoms with Crippen molar-refractivity contribution >= 4 is 53.2 Å². The second-order valence-corrected chi connectivity index (χ2v) is 9.67. The number of amides is 1. The molecule has 1 heterocycles. The maximum atomic E-state index is 13.2. The molecule has 1 unspecified atom stereocenters. The highest BCUT2D eigenvalue weighted by molar-refractivity contribution is 6.46. The lowest BCUT2D eigenvalue weighted by molar-refractivity contribution is -0.331. The van der Waals surface area contributed by atoms with Crippen LogP contribution in [0, 0.1) is 0 Å². The van der Waals surface area contributed by atoms with Crippen LogP contribution in [0.15, 0.2) is 0 Å². The van der Waals surface area contributed by atoms with E-state index < -0.39 is 40.6 Å². The summed E-state index contributed by atoms with van der Waals surface area (Å²) in [5.41, 5.74) is -4.93. The first-order chi connectivity index (χ1) is 12.0. The summed E-state index contributed by atoms with van der Waals surface area (Å²) in [4.78, 5) is 15.7. The van der Waals surface area contributed by atoms with Crippen molar-refractivity contribution in [2.75, 3.05) is 6.54 Å². The second kappa shape index (κ2) is 6.87. The molecule has 1 amide bonds. The van der Waals surface area contributed by atoms with E-state index in [9.17, 15) is 31.1 Å². The zero-order chi connectivity index (χ0) is 22.7. The van der Waals surface area contributed by atoms with Crippen LogP contribution in [-0.4, -0.2) is 110 Å². The van der Waals surface area contributed by atoms with E-state index >= 15 is 0 Å². The number of hydrogen-bond donors (Lipinski definition) is 0. The molecule has 0 aromatic heterocycles. The second-order valence-electron chi connectivity index (χ2n) is 9.67. The lowest BCUT2D eigenvalue weighted by Gasteiger charge is -2.63. The summed E-state index contributed by atoms with van der Waals surface area (Å²) in [6, 6.07) is 0. The Morgan fingerprint density at radius 2 is 1.39 bits per heavy atom. The van der Waals surface area contributed by atoms with Gasteiger partial charge in [0.2, 0.25) is 0 Å². The highest BCUT2D eigenvalue weighted by Crippen LogP contribution is 2.44. The molecule has 1 fully saturated rings. The molecular weight excluding hydrogens is 383 g/mol. The summed E-state index contributed by atoms with van der Waals surface area (Å²) in [5, 5.41) is -1.78. The first kappa shape index (κ1) is 25.2. The quantitative estimate of drug-likeness (QED) is 0.339. The van der Waals surface area contributed by atoms with Crippen LogP contribution in [0.1, 0.15) is 20.8 Å². The molecule has 0 radical (unpaired) electrons. The molecule has 1 aliphatic rings. The van der Waals surface area contributed by atoms with Gasteiger partial charge < -0.3 is 14.5 Å². The van der Waals surface area contributed by atoms with Crippen LogP contribution >= 0.6 is 0 Å². The third-order valence-electron chi connectivity index (χ3n) is 5.68. The largest absolute Gasteiger partial charge is 0.433 e. The third-order valence-corrected chi connectivity index (χ3v) is 5.68. The Kier molecular flexibility index (Phi) is 6.19. The SMILES string of the molecule is BC1N(C(=O)OC(B)(C(F)(F)F)C(F)(F)F)C(B)(B)CN(C(C)(C)C)C1(B)B. The van der Waals surface area contributed by atoms with Gasteiger partial charge in [0.25, 0.3) is 5.50 Å². The van der Waals surface area contributed by atoms with E-state index in [2.05, 4.69) is 9.64 Å². The van der Waals surface area contributed by atoms with Gasteiger partial charge in [-0.05, 0) is 31.4 Å². The molecule has 0 aromatic carbocycles. The summed E-state index contributed by atoms with van der Waals surface area (Å²) < 4.78 is 83.1. The van der Waals surface area contributed by atoms with Gasteiger partial charge in [0.05, 0.1) is 0 Å². The van der Waals surface area contributed by atoms with E-state index in [1.807, 2.05) is 20.8 Å². The molecule has 1 saturated heterocycles. The molecule has 0 aromatic rings. The van der Waals surface area contributed by atoms with Crippen molar-refractivity contribution in [2.24, 2.45) is 0 Å². The van der Waals surface area contributed by atoms with Gasteiger partial charge in [-0.1, -0.05) is 0 Å². The van der Waals surface area contributed by atoms with Gasteiger partial charge in [-0.25, -0.2) is 4.79 Å². The molecule has 1 atom stereocenters. The fourth-order valence-corrected chi connectivity index (χ4v) is 3.74. The smallest absolute Gasteiger partial charge is 0.428 e. The summed E-state index contributed by atoms with van der Waals surface area (Å²) in [7, 11) is 8.21. The predicted molar refractivity (Wildman–Crippen MR) is 110 cm³/mol. The van der Waals surface area contributed by atoms with Crippen LogP contribution in [-0.2, 0) is 4.74 Å². The molecule has 0 saturated carbocycles. The van der Waals surface area contributed by atoms with Gasteiger partial charge in [-0.15, -0.1) is 0 Å². The van der Waals surface area contributed by atoms with Crippen LogP contribution in [0.25, 0.3) is 0 Å². The summed E-state index contributed by atoms with van der Waals surface area (Å²) in [6.45, 7) is 6.11. The molecule has 0 bridgehead atoms. The van der Waals surface area contributed by atoms with Crippen LogP contribution in [0.5, 0.6) is 0 Å². The van der Waals surface area contributed by atoms with Crippen molar-refractivity contribution < 1.29 is 35.9 Å². The van der Waals surface area contributed by atoms with Crippen LogP contribution < -0.4 is 0 Å². The van der Waals surface area contributed by atoms with E-state index in [1.54, 1.807) is 39.2 Å². The van der Waals surface area contributed by atoms with E-state index in [0.29, 0.717) is 0 Å². The molecule has 0 aliphatic carbocycles. The number of halogens is 6. The average molecular weight is 407 g/mol. The van der Waals surface area contributed by atoms with Crippen molar-refractivity contribution in [1.29, 1.82) is 0 Å². The Labute approximate surface area is 166 Å². The lowest BCUT2D eigenvalue weighted by Crippen LogP contribution is -2.81. The van der Waals surface area contributed by atoms with Gasteiger partial charge >= 0.3 is 18.4 Å². The Bertz CT molecular complexity index is 607. The fourth-order valence-electron chi connectivity index (χ4n) is 3.74. The van der Waals surface area contributed by atoms with Crippen LogP contribution in [0.4, 0.5) is 31.1 Å². The number of carbonyl (C=O) groups is 1. The maximum Gasteiger partial charge on any atom is 0.428 e. The Morgan fingerprint density at radius 1 is 1.00 bits per heavy atom. The van der Waals surface area contributed by atoms with Gasteiger partial charge in [-0.3, -0.25) is 0 Å². The molecule has 154 valence electrons. The molecule has 0 N–H and O–H groups in total. The Balaban J connectivity index is 3.37. The normalized spacial score (nSPS) is 24.0. The first-order valence-corrected chi connectivity index (χ1v) is 8.93. The number of alkyl halides is 6. The number of piperazine rings is 1. The molecule has 1 rings (SSSR count). The van der Waals surface area contributed by atoms with Gasteiger partial charge in [0.1, 0.15) is 39.2 Å². The standard InChI is InChI=1S/C12H24B6F6N2O2/c1-7(2,3)25-4-8(14,15)26(5(13)9(25,16)17)6(27)28-10(18,11(19,20)21)12(22,23)24/h5H,4,13-18H2,1-3H3. The molecule has 1 aliphatic heterocycles. The van der Waals surface area contributed by atoms with Gasteiger partial charge in [-0.2, -0.15) is 26.3 Å². The predicted octanol–water partition coefficient (Wildman–Crippen LogP) is -3.21. The van der Waals surface area contributed by atoms with Crippen molar-refractivity contribution in [3.63, 3.8) is 0 Å². The Hall–Kier alpha value is -0.800. The molecule has 4 nitrogen and oxygen atoms in total. The topological polar surface area (TPSA) is 32.8 Å². The van der Waals surface area contributed by atoms with Gasteiger partial charge in [0, 0.05) is 18.0 Å². The minimum atomic E-state index is -5.81. The van der Waals surface area contributed by atoms with Gasteiger partial charge in [0.15, 0.2) is 7.85 Å². The van der Waals surface area contributed by atoms with Crippen LogP contribution in [0.3, 0.4) is 0 Å². The number of nitrogens with zero attached hydrogens (tertiary/aromatic N) is 2. The van der Waals surface area contributed by atoms with Crippen molar-refractivity contribution in [3.8, 4) is 0 Å². The molecule has 16 heteroatoms. The molecular formula is C12H24B6F6N2O2. The summed E-state index contributed by atoms with van der Waals surface area (Å²) >= 11 is 0. The summed E-state index contributed by atoms with van der Waals surface area (Å²) in [6.07, 6.45) is -13.3. The van der Waals surface area contributed by atoms with E-state index in [-0.39, 0.29) is 19.9 Å². The number of rotatable bonds is 1. The number of ether oxygens (including phenoxy) is 1. The summed E-state index contributed by atoms with van der Waals surface area (Å²) in [5.74, 6) is -0.714. The van der Waals surface area contributed by atoms with E-state index in [1.165, 1.54) is 0 Å². The van der Waals surface area contributed by atoms with Crippen LogP contribution in [0.2, 0.25) is 0 Å².